The van der Waals surface area contributed by atoms with Crippen LogP contribution in [-0.2, 0) is 4.74 Å². The van der Waals surface area contributed by atoms with Crippen LogP contribution in [0.1, 0.15) is 34.9 Å². The summed E-state index contributed by atoms with van der Waals surface area (Å²) >= 11 is 0. The van der Waals surface area contributed by atoms with Crippen molar-refractivity contribution in [1.82, 2.24) is 10.1 Å². The van der Waals surface area contributed by atoms with Gasteiger partial charge in [-0.2, -0.15) is 4.98 Å². The van der Waals surface area contributed by atoms with Gasteiger partial charge in [0.25, 0.3) is 5.89 Å². The summed E-state index contributed by atoms with van der Waals surface area (Å²) in [5.74, 6) is 0.284. The number of aromatic carboxylic acids is 1. The van der Waals surface area contributed by atoms with Crippen molar-refractivity contribution in [1.29, 1.82) is 0 Å². The Morgan fingerprint density at radius 3 is 2.75 bits per heavy atom. The van der Waals surface area contributed by atoms with E-state index >= 15 is 0 Å². The molecule has 0 aliphatic carbocycles. The van der Waals surface area contributed by atoms with Crippen molar-refractivity contribution < 1.29 is 19.2 Å². The third kappa shape index (κ3) is 2.55. The maximum absolute atomic E-state index is 10.8. The Hall–Kier alpha value is -2.21. The third-order valence-corrected chi connectivity index (χ3v) is 3.35. The maximum Gasteiger partial charge on any atom is 0.335 e. The molecule has 1 N–H and O–H groups in total. The minimum Gasteiger partial charge on any atom is -0.478 e. The fraction of sp³-hybridized carbons (Fsp3) is 0.357. The summed E-state index contributed by atoms with van der Waals surface area (Å²) in [7, 11) is 0. The Balaban J connectivity index is 1.80. The molecule has 0 radical (unpaired) electrons. The van der Waals surface area contributed by atoms with Crippen LogP contribution in [0, 0.1) is 0 Å². The van der Waals surface area contributed by atoms with E-state index in [4.69, 9.17) is 14.4 Å². The van der Waals surface area contributed by atoms with Gasteiger partial charge in [-0.25, -0.2) is 4.79 Å². The van der Waals surface area contributed by atoms with Gasteiger partial charge in [0, 0.05) is 18.1 Å². The van der Waals surface area contributed by atoms with Crippen LogP contribution in [-0.4, -0.2) is 34.4 Å². The van der Waals surface area contributed by atoms with Crippen LogP contribution in [0.3, 0.4) is 0 Å². The zero-order valence-electron chi connectivity index (χ0n) is 10.8. The van der Waals surface area contributed by atoms with Crippen LogP contribution in [0.4, 0.5) is 0 Å². The van der Waals surface area contributed by atoms with Crippen molar-refractivity contribution in [3.63, 3.8) is 0 Å². The number of carboxylic acid groups (broad SMARTS) is 1. The fourth-order valence-electron chi connectivity index (χ4n) is 2.22. The lowest BCUT2D eigenvalue weighted by Crippen LogP contribution is -2.16. The van der Waals surface area contributed by atoms with Crippen molar-refractivity contribution >= 4 is 5.97 Å². The fourth-order valence-corrected chi connectivity index (χ4v) is 2.22. The molecular weight excluding hydrogens is 260 g/mol. The second-order valence-electron chi connectivity index (χ2n) is 4.75. The summed E-state index contributed by atoms with van der Waals surface area (Å²) in [5, 5.41) is 12.8. The molecule has 1 aromatic carbocycles. The monoisotopic (exact) mass is 274 g/mol. The van der Waals surface area contributed by atoms with E-state index in [-0.39, 0.29) is 11.5 Å². The molecule has 1 aliphatic rings. The normalized spacial score (nSPS) is 18.9. The number of nitrogens with zero attached hydrogens (tertiary/aromatic N) is 2. The number of carbonyl (C=O) groups is 1. The molecule has 6 nitrogen and oxygen atoms in total. The van der Waals surface area contributed by atoms with Crippen LogP contribution < -0.4 is 0 Å². The van der Waals surface area contributed by atoms with E-state index in [1.165, 1.54) is 12.1 Å². The second kappa shape index (κ2) is 5.42. The van der Waals surface area contributed by atoms with E-state index in [9.17, 15) is 4.79 Å². The average molecular weight is 274 g/mol. The van der Waals surface area contributed by atoms with E-state index in [1.807, 2.05) is 0 Å². The molecule has 0 amide bonds. The lowest BCUT2D eigenvalue weighted by Gasteiger charge is -2.18. The van der Waals surface area contributed by atoms with Crippen LogP contribution in [0.15, 0.2) is 28.8 Å². The number of carboxylic acids is 1. The maximum atomic E-state index is 10.8. The quantitative estimate of drug-likeness (QED) is 0.924. The molecule has 6 heteroatoms. The summed E-state index contributed by atoms with van der Waals surface area (Å²) in [4.78, 5) is 15.2. The van der Waals surface area contributed by atoms with E-state index in [2.05, 4.69) is 10.1 Å². The predicted octanol–water partition coefficient (Wildman–Crippen LogP) is 2.33. The molecule has 1 atom stereocenters. The van der Waals surface area contributed by atoms with E-state index in [1.54, 1.807) is 12.1 Å². The van der Waals surface area contributed by atoms with Gasteiger partial charge >= 0.3 is 5.97 Å². The van der Waals surface area contributed by atoms with Crippen LogP contribution in [0.25, 0.3) is 11.5 Å². The molecule has 0 spiro atoms. The number of rotatable bonds is 3. The molecule has 20 heavy (non-hydrogen) atoms. The SMILES string of the molecule is O=C(O)c1ccc(-c2nc(C3CCCOC3)no2)cc1. The van der Waals surface area contributed by atoms with Crippen molar-refractivity contribution in [2.75, 3.05) is 13.2 Å². The highest BCUT2D eigenvalue weighted by Crippen LogP contribution is 2.25. The smallest absolute Gasteiger partial charge is 0.335 e. The van der Waals surface area contributed by atoms with Gasteiger partial charge in [-0.1, -0.05) is 5.16 Å². The Morgan fingerprint density at radius 1 is 1.30 bits per heavy atom. The van der Waals surface area contributed by atoms with Crippen molar-refractivity contribution in [2.45, 2.75) is 18.8 Å². The van der Waals surface area contributed by atoms with Gasteiger partial charge in [0.05, 0.1) is 12.2 Å². The van der Waals surface area contributed by atoms with E-state index in [0.717, 1.165) is 19.4 Å². The summed E-state index contributed by atoms with van der Waals surface area (Å²) in [6.45, 7) is 1.41. The zero-order chi connectivity index (χ0) is 13.9. The number of aromatic nitrogens is 2. The molecule has 1 aromatic heterocycles. The van der Waals surface area contributed by atoms with Crippen molar-refractivity contribution in [3.8, 4) is 11.5 Å². The minimum absolute atomic E-state index is 0.180. The van der Waals surface area contributed by atoms with Gasteiger partial charge in [-0.15, -0.1) is 0 Å². The van der Waals surface area contributed by atoms with Gasteiger partial charge in [-0.3, -0.25) is 0 Å². The van der Waals surface area contributed by atoms with Crippen LogP contribution >= 0.6 is 0 Å². The highest BCUT2D eigenvalue weighted by atomic mass is 16.5. The minimum atomic E-state index is -0.956. The number of hydrogen-bond acceptors (Lipinski definition) is 5. The molecule has 3 rings (SSSR count). The topological polar surface area (TPSA) is 85.5 Å². The molecule has 2 heterocycles. The summed E-state index contributed by atoms with van der Waals surface area (Å²) in [6, 6.07) is 6.37. The van der Waals surface area contributed by atoms with Crippen LogP contribution in [0.2, 0.25) is 0 Å². The highest BCUT2D eigenvalue weighted by Gasteiger charge is 2.22. The molecule has 2 aromatic rings. The Kier molecular flexibility index (Phi) is 3.47. The lowest BCUT2D eigenvalue weighted by molar-refractivity contribution is 0.0697. The summed E-state index contributed by atoms with van der Waals surface area (Å²) < 4.78 is 10.6. The van der Waals surface area contributed by atoms with Gasteiger partial charge in [0.1, 0.15) is 0 Å². The molecule has 0 saturated carbocycles. The number of hydrogen-bond donors (Lipinski definition) is 1. The predicted molar refractivity (Wildman–Crippen MR) is 69.5 cm³/mol. The first-order valence-corrected chi connectivity index (χ1v) is 6.49. The standard InChI is InChI=1S/C14H14N2O4/c17-14(18)10-5-3-9(4-6-10)13-15-12(16-20-13)11-2-1-7-19-8-11/h3-6,11H,1-2,7-8H2,(H,17,18). The molecule has 1 unspecified atom stereocenters. The number of benzene rings is 1. The molecule has 0 bridgehead atoms. The van der Waals surface area contributed by atoms with Crippen molar-refractivity contribution in [3.05, 3.63) is 35.7 Å². The van der Waals surface area contributed by atoms with Gasteiger partial charge in [0.15, 0.2) is 5.82 Å². The number of ether oxygens (including phenoxy) is 1. The van der Waals surface area contributed by atoms with E-state index < -0.39 is 5.97 Å². The Bertz CT molecular complexity index is 600. The molecule has 104 valence electrons. The first-order valence-electron chi connectivity index (χ1n) is 6.49. The van der Waals surface area contributed by atoms with E-state index in [0.29, 0.717) is 23.9 Å². The average Bonchev–Trinajstić information content (AvgIpc) is 2.98. The van der Waals surface area contributed by atoms with Gasteiger partial charge in [-0.05, 0) is 37.1 Å². The zero-order valence-corrected chi connectivity index (χ0v) is 10.8. The first kappa shape index (κ1) is 12.8. The third-order valence-electron chi connectivity index (χ3n) is 3.35. The highest BCUT2D eigenvalue weighted by molar-refractivity contribution is 5.88. The molecule has 1 saturated heterocycles. The van der Waals surface area contributed by atoms with Crippen LogP contribution in [0.5, 0.6) is 0 Å². The molecular formula is C14H14N2O4. The summed E-state index contributed by atoms with van der Waals surface area (Å²) in [5.41, 5.74) is 0.944. The van der Waals surface area contributed by atoms with Gasteiger partial charge in [0.2, 0.25) is 0 Å². The van der Waals surface area contributed by atoms with Crippen molar-refractivity contribution in [2.24, 2.45) is 0 Å². The lowest BCUT2D eigenvalue weighted by atomic mass is 10.0. The molecule has 1 aliphatic heterocycles. The first-order chi connectivity index (χ1) is 9.74. The van der Waals surface area contributed by atoms with Gasteiger partial charge < -0.3 is 14.4 Å². The molecule has 1 fully saturated rings. The Morgan fingerprint density at radius 2 is 2.10 bits per heavy atom. The Labute approximate surface area is 115 Å². The largest absolute Gasteiger partial charge is 0.478 e. The second-order valence-corrected chi connectivity index (χ2v) is 4.75. The summed E-state index contributed by atoms with van der Waals surface area (Å²) in [6.07, 6.45) is 2.00.